The van der Waals surface area contributed by atoms with Gasteiger partial charge in [-0.05, 0) is 36.0 Å². The maximum absolute atomic E-state index is 12.0. The third-order valence-electron chi connectivity index (χ3n) is 2.46. The summed E-state index contributed by atoms with van der Waals surface area (Å²) in [5, 5.41) is 13.0. The van der Waals surface area contributed by atoms with E-state index in [0.29, 0.717) is 5.69 Å². The number of carbonyl (C=O) groups excluding carboxylic acids is 2. The molecule has 0 bridgehead atoms. The maximum atomic E-state index is 12.0. The molecule has 0 spiro atoms. The van der Waals surface area contributed by atoms with E-state index in [1.807, 2.05) is 5.40 Å². The Kier molecular flexibility index (Phi) is 6.78. The van der Waals surface area contributed by atoms with Crippen LogP contribution in [0.3, 0.4) is 0 Å². The second-order valence-corrected chi connectivity index (χ2v) is 4.82. The van der Waals surface area contributed by atoms with Gasteiger partial charge in [0.25, 0.3) is 0 Å². The molecule has 6 heteroatoms. The Labute approximate surface area is 127 Å². The first-order valence-electron chi connectivity index (χ1n) is 6.10. The summed E-state index contributed by atoms with van der Waals surface area (Å²) in [5.74, 6) is -1.37. The smallest absolute Gasteiger partial charge is 0.313 e. The van der Waals surface area contributed by atoms with E-state index in [2.05, 4.69) is 18.5 Å². The predicted octanol–water partition coefficient (Wildman–Crippen LogP) is 2.40. The van der Waals surface area contributed by atoms with Crippen LogP contribution < -0.4 is 5.32 Å². The molecule has 0 atom stereocenters. The van der Waals surface area contributed by atoms with Crippen molar-refractivity contribution >= 4 is 29.3 Å². The van der Waals surface area contributed by atoms with Crippen LogP contribution in [0.15, 0.2) is 54.5 Å². The summed E-state index contributed by atoms with van der Waals surface area (Å²) in [4.78, 5) is 25.9. The van der Waals surface area contributed by atoms with Gasteiger partial charge in [-0.25, -0.2) is 0 Å². The van der Waals surface area contributed by atoms with Crippen molar-refractivity contribution in [2.24, 2.45) is 0 Å². The summed E-state index contributed by atoms with van der Waals surface area (Å²) in [6.45, 7) is 7.64. The first-order chi connectivity index (χ1) is 10.1. The number of rotatable bonds is 6. The molecule has 0 saturated heterocycles. The zero-order valence-electron chi connectivity index (χ0n) is 11.4. The van der Waals surface area contributed by atoms with Crippen molar-refractivity contribution in [1.29, 1.82) is 5.26 Å². The summed E-state index contributed by atoms with van der Waals surface area (Å²) in [6.07, 6.45) is 3.09. The van der Waals surface area contributed by atoms with Gasteiger partial charge in [0.15, 0.2) is 0 Å². The minimum atomic E-state index is -0.723. The molecule has 1 rings (SSSR count). The second kappa shape index (κ2) is 8.61. The van der Waals surface area contributed by atoms with Crippen LogP contribution in [0.2, 0.25) is 0 Å². The van der Waals surface area contributed by atoms with Crippen LogP contribution in [0.4, 0.5) is 5.69 Å². The Morgan fingerprint density at radius 1 is 1.24 bits per heavy atom. The van der Waals surface area contributed by atoms with Crippen LogP contribution in [0, 0.1) is 10.7 Å². The summed E-state index contributed by atoms with van der Waals surface area (Å²) >= 11 is 1.02. The van der Waals surface area contributed by atoms with E-state index in [0.717, 1.165) is 16.7 Å². The average molecular weight is 301 g/mol. The number of benzene rings is 1. The normalized spacial score (nSPS) is 9.29. The summed E-state index contributed by atoms with van der Waals surface area (Å²) in [7, 11) is 0. The summed E-state index contributed by atoms with van der Waals surface area (Å²) in [5.41, 5.74) is 0.493. The van der Waals surface area contributed by atoms with Crippen molar-refractivity contribution in [3.63, 3.8) is 0 Å². The zero-order chi connectivity index (χ0) is 15.7. The summed E-state index contributed by atoms with van der Waals surface area (Å²) < 4.78 is 0. The molecule has 21 heavy (non-hydrogen) atoms. The molecular weight excluding hydrogens is 286 g/mol. The van der Waals surface area contributed by atoms with Crippen molar-refractivity contribution in [2.75, 3.05) is 18.4 Å². The third kappa shape index (κ3) is 5.16. The van der Waals surface area contributed by atoms with E-state index in [4.69, 9.17) is 5.26 Å². The van der Waals surface area contributed by atoms with Crippen LogP contribution in [0.1, 0.15) is 0 Å². The molecule has 0 heterocycles. The van der Waals surface area contributed by atoms with E-state index in [1.165, 1.54) is 4.90 Å². The molecule has 108 valence electrons. The van der Waals surface area contributed by atoms with Gasteiger partial charge in [-0.1, -0.05) is 12.2 Å². The van der Waals surface area contributed by atoms with E-state index < -0.39 is 11.8 Å². The second-order valence-electron chi connectivity index (χ2n) is 3.96. The Morgan fingerprint density at radius 2 is 1.81 bits per heavy atom. The highest BCUT2D eigenvalue weighted by atomic mass is 32.2. The van der Waals surface area contributed by atoms with Gasteiger partial charge in [-0.3, -0.25) is 9.59 Å². The van der Waals surface area contributed by atoms with E-state index in [-0.39, 0.29) is 13.1 Å². The fraction of sp³-hybridized carbons (Fsp3) is 0.133. The molecule has 0 aliphatic rings. The Bertz CT molecular complexity index is 566. The number of hydrogen-bond donors (Lipinski definition) is 1. The van der Waals surface area contributed by atoms with Crippen molar-refractivity contribution in [3.05, 3.63) is 49.6 Å². The van der Waals surface area contributed by atoms with Crippen molar-refractivity contribution in [2.45, 2.75) is 4.90 Å². The molecule has 1 aromatic rings. The number of thioether (sulfide) groups is 1. The lowest BCUT2D eigenvalue weighted by Crippen LogP contribution is -2.39. The standard InChI is InChI=1S/C15H15N3O2S/c1-3-9-18(10-4-2)15(20)14(19)17-12-5-7-13(8-6-12)21-11-16/h3-8H,1-2,9-10H2,(H,17,19). The SMILES string of the molecule is C=CCN(CC=C)C(=O)C(=O)Nc1ccc(SC#N)cc1. The predicted molar refractivity (Wildman–Crippen MR) is 83.5 cm³/mol. The minimum absolute atomic E-state index is 0.274. The first kappa shape index (κ1) is 16.5. The number of thiocyanates is 1. The lowest BCUT2D eigenvalue weighted by Gasteiger charge is -2.18. The van der Waals surface area contributed by atoms with Gasteiger partial charge in [0.1, 0.15) is 5.40 Å². The average Bonchev–Trinajstić information content (AvgIpc) is 2.48. The molecule has 2 amide bonds. The number of nitrogens with one attached hydrogen (secondary N) is 1. The van der Waals surface area contributed by atoms with Crippen LogP contribution in [0.25, 0.3) is 0 Å². The highest BCUT2D eigenvalue weighted by Gasteiger charge is 2.19. The van der Waals surface area contributed by atoms with Crippen LogP contribution in [0.5, 0.6) is 0 Å². The molecule has 1 N–H and O–H groups in total. The van der Waals surface area contributed by atoms with Gasteiger partial charge in [-0.15, -0.1) is 13.2 Å². The van der Waals surface area contributed by atoms with E-state index in [9.17, 15) is 9.59 Å². The maximum Gasteiger partial charge on any atom is 0.313 e. The number of nitrogens with zero attached hydrogens (tertiary/aromatic N) is 2. The molecular formula is C15H15N3O2S. The monoisotopic (exact) mass is 301 g/mol. The van der Waals surface area contributed by atoms with Gasteiger partial charge >= 0.3 is 11.8 Å². The Hall–Kier alpha value is -2.52. The lowest BCUT2D eigenvalue weighted by atomic mass is 10.3. The van der Waals surface area contributed by atoms with Gasteiger partial charge in [0.2, 0.25) is 0 Å². The Morgan fingerprint density at radius 3 is 2.29 bits per heavy atom. The Balaban J connectivity index is 2.70. The fourth-order valence-electron chi connectivity index (χ4n) is 1.54. The van der Waals surface area contributed by atoms with Gasteiger partial charge in [-0.2, -0.15) is 5.26 Å². The number of carbonyl (C=O) groups is 2. The van der Waals surface area contributed by atoms with Crippen molar-refractivity contribution in [1.82, 2.24) is 4.90 Å². The van der Waals surface area contributed by atoms with Crippen molar-refractivity contribution in [3.8, 4) is 5.40 Å². The van der Waals surface area contributed by atoms with E-state index in [1.54, 1.807) is 36.4 Å². The number of amides is 2. The third-order valence-corrected chi connectivity index (χ3v) is 3.06. The van der Waals surface area contributed by atoms with Gasteiger partial charge < -0.3 is 10.2 Å². The van der Waals surface area contributed by atoms with Crippen LogP contribution in [-0.4, -0.2) is 29.8 Å². The molecule has 0 fully saturated rings. The molecule has 0 aliphatic carbocycles. The fourth-order valence-corrected chi connectivity index (χ4v) is 1.92. The lowest BCUT2D eigenvalue weighted by molar-refractivity contribution is -0.142. The summed E-state index contributed by atoms with van der Waals surface area (Å²) in [6, 6.07) is 6.66. The molecule has 0 saturated carbocycles. The highest BCUT2D eigenvalue weighted by molar-refractivity contribution is 8.03. The molecule has 0 unspecified atom stereocenters. The first-order valence-corrected chi connectivity index (χ1v) is 6.92. The molecule has 0 aromatic heterocycles. The molecule has 5 nitrogen and oxygen atoms in total. The number of nitriles is 1. The molecule has 0 aliphatic heterocycles. The van der Waals surface area contributed by atoms with Crippen molar-refractivity contribution < 1.29 is 9.59 Å². The number of hydrogen-bond acceptors (Lipinski definition) is 4. The van der Waals surface area contributed by atoms with Crippen LogP contribution in [-0.2, 0) is 9.59 Å². The highest BCUT2D eigenvalue weighted by Crippen LogP contribution is 2.18. The topological polar surface area (TPSA) is 73.2 Å². The largest absolute Gasteiger partial charge is 0.327 e. The quantitative estimate of drug-likeness (QED) is 0.379. The number of anilines is 1. The minimum Gasteiger partial charge on any atom is -0.327 e. The zero-order valence-corrected chi connectivity index (χ0v) is 12.2. The van der Waals surface area contributed by atoms with Gasteiger partial charge in [0.05, 0.1) is 0 Å². The van der Waals surface area contributed by atoms with E-state index >= 15 is 0 Å². The molecule has 1 aromatic carbocycles. The van der Waals surface area contributed by atoms with Gasteiger partial charge in [0, 0.05) is 23.7 Å². The molecule has 0 radical (unpaired) electrons. The van der Waals surface area contributed by atoms with Crippen LogP contribution >= 0.6 is 11.8 Å².